The lowest BCUT2D eigenvalue weighted by molar-refractivity contribution is -0.134. The maximum Gasteiger partial charge on any atom is 0.311 e. The number of carbonyl (C=O) groups excluding carboxylic acids is 1. The highest BCUT2D eigenvalue weighted by molar-refractivity contribution is 5.72. The van der Waals surface area contributed by atoms with Crippen LogP contribution in [0.4, 0.5) is 0 Å². The Balaban J connectivity index is 2.06. The van der Waals surface area contributed by atoms with Crippen LogP contribution in [0.25, 0.3) is 0 Å². The third-order valence-corrected chi connectivity index (χ3v) is 2.88. The van der Waals surface area contributed by atoms with Crippen molar-refractivity contribution in [3.05, 3.63) is 29.8 Å². The molecule has 0 bridgehead atoms. The van der Waals surface area contributed by atoms with Crippen LogP contribution in [0.1, 0.15) is 44.6 Å². The molecule has 3 nitrogen and oxygen atoms in total. The number of ether oxygens (including phenoxy) is 2. The van der Waals surface area contributed by atoms with Crippen LogP contribution in [0.3, 0.4) is 0 Å². The molecule has 3 heteroatoms. The van der Waals surface area contributed by atoms with E-state index in [9.17, 15) is 4.79 Å². The number of esters is 1. The molecule has 1 aromatic carbocycles. The molecule has 0 aliphatic heterocycles. The molecule has 0 aliphatic rings. The number of unbranched alkanes of at least 4 members (excludes halogenated alkanes) is 3. The van der Waals surface area contributed by atoms with Gasteiger partial charge in [0.25, 0.3) is 0 Å². The van der Waals surface area contributed by atoms with Crippen molar-refractivity contribution in [3.63, 3.8) is 0 Å². The molecular weight excluding hydrogens is 240 g/mol. The van der Waals surface area contributed by atoms with Gasteiger partial charge in [-0.25, -0.2) is 0 Å². The maximum atomic E-state index is 11.6. The smallest absolute Gasteiger partial charge is 0.311 e. The van der Waals surface area contributed by atoms with Gasteiger partial charge in [0.15, 0.2) is 0 Å². The van der Waals surface area contributed by atoms with Gasteiger partial charge in [0.05, 0.1) is 0 Å². The zero-order valence-electron chi connectivity index (χ0n) is 12.0. The highest BCUT2D eigenvalue weighted by atomic mass is 16.5. The van der Waals surface area contributed by atoms with E-state index < -0.39 is 0 Å². The molecule has 1 rings (SSSR count). The molecule has 0 aromatic heterocycles. The predicted octanol–water partition coefficient (Wildman–Crippen LogP) is 3.89. The molecule has 0 N–H and O–H groups in total. The van der Waals surface area contributed by atoms with Gasteiger partial charge in [0, 0.05) is 19.6 Å². The average Bonchev–Trinajstić information content (AvgIpc) is 2.40. The summed E-state index contributed by atoms with van der Waals surface area (Å²) in [6.07, 6.45) is 4.61. The fourth-order valence-corrected chi connectivity index (χ4v) is 1.76. The van der Waals surface area contributed by atoms with E-state index in [4.69, 9.17) is 9.47 Å². The summed E-state index contributed by atoms with van der Waals surface area (Å²) >= 11 is 0. The van der Waals surface area contributed by atoms with E-state index in [1.807, 2.05) is 38.1 Å². The van der Waals surface area contributed by atoms with Crippen molar-refractivity contribution >= 4 is 5.97 Å². The number of hydrogen-bond acceptors (Lipinski definition) is 3. The molecule has 0 saturated carbocycles. The van der Waals surface area contributed by atoms with Gasteiger partial charge < -0.3 is 9.47 Å². The maximum absolute atomic E-state index is 11.6. The van der Waals surface area contributed by atoms with E-state index in [1.165, 1.54) is 0 Å². The van der Waals surface area contributed by atoms with Crippen molar-refractivity contribution in [1.29, 1.82) is 0 Å². The number of rotatable bonds is 9. The minimum absolute atomic E-state index is 0.145. The molecule has 0 aliphatic carbocycles. The van der Waals surface area contributed by atoms with Gasteiger partial charge in [0.2, 0.25) is 0 Å². The second-order valence-corrected chi connectivity index (χ2v) is 4.65. The van der Waals surface area contributed by atoms with Crippen molar-refractivity contribution in [1.82, 2.24) is 0 Å². The number of hydrogen-bond donors (Lipinski definition) is 0. The third kappa shape index (κ3) is 7.62. The summed E-state index contributed by atoms with van der Waals surface area (Å²) in [5.74, 6) is 0.487. The summed E-state index contributed by atoms with van der Waals surface area (Å²) in [7, 11) is 0. The second-order valence-electron chi connectivity index (χ2n) is 4.65. The predicted molar refractivity (Wildman–Crippen MR) is 76.4 cm³/mol. The Labute approximate surface area is 115 Å². The molecule has 0 fully saturated rings. The standard InChI is InChI=1S/C16H24O3/c1-3-18-13-7-5-4-6-8-16(17)19-15-11-9-14(2)10-12-15/h9-12H,3-8,13H2,1-2H3. The summed E-state index contributed by atoms with van der Waals surface area (Å²) in [6, 6.07) is 7.54. The summed E-state index contributed by atoms with van der Waals surface area (Å²) in [6.45, 7) is 5.61. The fraction of sp³-hybridized carbons (Fsp3) is 0.562. The van der Waals surface area contributed by atoms with E-state index in [1.54, 1.807) is 0 Å². The lowest BCUT2D eigenvalue weighted by atomic mass is 10.1. The molecule has 0 spiro atoms. The zero-order chi connectivity index (χ0) is 13.9. The lowest BCUT2D eigenvalue weighted by Gasteiger charge is -2.05. The van der Waals surface area contributed by atoms with Crippen LogP contribution in [0, 0.1) is 6.92 Å². The van der Waals surface area contributed by atoms with Crippen molar-refractivity contribution < 1.29 is 14.3 Å². The topological polar surface area (TPSA) is 35.5 Å². The highest BCUT2D eigenvalue weighted by Gasteiger charge is 2.04. The van der Waals surface area contributed by atoms with E-state index in [-0.39, 0.29) is 5.97 Å². The van der Waals surface area contributed by atoms with Crippen molar-refractivity contribution in [2.45, 2.75) is 46.0 Å². The molecule has 0 radical (unpaired) electrons. The fourth-order valence-electron chi connectivity index (χ4n) is 1.76. The Morgan fingerprint density at radius 3 is 2.42 bits per heavy atom. The second kappa shape index (κ2) is 9.56. The molecule has 19 heavy (non-hydrogen) atoms. The van der Waals surface area contributed by atoms with E-state index in [2.05, 4.69) is 0 Å². The van der Waals surface area contributed by atoms with Gasteiger partial charge >= 0.3 is 5.97 Å². The summed E-state index contributed by atoms with van der Waals surface area (Å²) < 4.78 is 10.5. The first-order valence-corrected chi connectivity index (χ1v) is 7.07. The Kier molecular flexibility index (Phi) is 7.91. The van der Waals surface area contributed by atoms with Crippen LogP contribution in [-0.2, 0) is 9.53 Å². The monoisotopic (exact) mass is 264 g/mol. The van der Waals surface area contributed by atoms with Crippen LogP contribution in [0.15, 0.2) is 24.3 Å². The SMILES string of the molecule is CCOCCCCCCC(=O)Oc1ccc(C)cc1. The van der Waals surface area contributed by atoms with Gasteiger partial charge in [-0.15, -0.1) is 0 Å². The van der Waals surface area contributed by atoms with Crippen LogP contribution in [-0.4, -0.2) is 19.2 Å². The number of aryl methyl sites for hydroxylation is 1. The number of benzene rings is 1. The van der Waals surface area contributed by atoms with Crippen molar-refractivity contribution in [3.8, 4) is 5.75 Å². The third-order valence-electron chi connectivity index (χ3n) is 2.88. The van der Waals surface area contributed by atoms with Crippen LogP contribution >= 0.6 is 0 Å². The Morgan fingerprint density at radius 2 is 1.74 bits per heavy atom. The molecule has 0 saturated heterocycles. The molecule has 0 amide bonds. The quantitative estimate of drug-likeness (QED) is 0.385. The Hall–Kier alpha value is -1.35. The first-order valence-electron chi connectivity index (χ1n) is 7.07. The summed E-state index contributed by atoms with van der Waals surface area (Å²) in [4.78, 5) is 11.6. The molecule has 106 valence electrons. The summed E-state index contributed by atoms with van der Waals surface area (Å²) in [5.41, 5.74) is 1.16. The molecule has 1 aromatic rings. The van der Waals surface area contributed by atoms with Gasteiger partial charge in [-0.05, 0) is 38.8 Å². The van der Waals surface area contributed by atoms with Crippen molar-refractivity contribution in [2.75, 3.05) is 13.2 Å². The first-order chi connectivity index (χ1) is 9.22. The van der Waals surface area contributed by atoms with Crippen LogP contribution in [0.2, 0.25) is 0 Å². The molecule has 0 unspecified atom stereocenters. The van der Waals surface area contributed by atoms with E-state index >= 15 is 0 Å². The normalized spacial score (nSPS) is 10.4. The van der Waals surface area contributed by atoms with Crippen molar-refractivity contribution in [2.24, 2.45) is 0 Å². The molecule has 0 atom stereocenters. The summed E-state index contributed by atoms with van der Waals surface area (Å²) in [5, 5.41) is 0. The Bertz CT molecular complexity index is 357. The zero-order valence-corrected chi connectivity index (χ0v) is 12.0. The molecule has 0 heterocycles. The largest absolute Gasteiger partial charge is 0.427 e. The first kappa shape index (κ1) is 15.7. The van der Waals surface area contributed by atoms with Crippen LogP contribution < -0.4 is 4.74 Å². The van der Waals surface area contributed by atoms with Gasteiger partial charge in [-0.1, -0.05) is 30.5 Å². The van der Waals surface area contributed by atoms with E-state index in [0.29, 0.717) is 12.2 Å². The molecular formula is C16H24O3. The highest BCUT2D eigenvalue weighted by Crippen LogP contribution is 2.13. The van der Waals surface area contributed by atoms with Crippen LogP contribution in [0.5, 0.6) is 5.75 Å². The van der Waals surface area contributed by atoms with E-state index in [0.717, 1.165) is 44.5 Å². The van der Waals surface area contributed by atoms with Gasteiger partial charge in [0.1, 0.15) is 5.75 Å². The Morgan fingerprint density at radius 1 is 1.05 bits per heavy atom. The minimum Gasteiger partial charge on any atom is -0.427 e. The number of carbonyl (C=O) groups is 1. The lowest BCUT2D eigenvalue weighted by Crippen LogP contribution is -2.07. The minimum atomic E-state index is -0.145. The average molecular weight is 264 g/mol. The van der Waals surface area contributed by atoms with Gasteiger partial charge in [-0.2, -0.15) is 0 Å². The van der Waals surface area contributed by atoms with Gasteiger partial charge in [-0.3, -0.25) is 4.79 Å².